The van der Waals surface area contributed by atoms with E-state index in [0.29, 0.717) is 0 Å². The molecule has 2 heteroatoms. The van der Waals surface area contributed by atoms with Crippen molar-refractivity contribution in [1.29, 1.82) is 0 Å². The van der Waals surface area contributed by atoms with Gasteiger partial charge in [-0.2, -0.15) is 18.2 Å². The number of anilines is 2. The Morgan fingerprint density at radius 3 is 1.44 bits per heavy atom. The van der Waals surface area contributed by atoms with Gasteiger partial charge in [-0.15, -0.1) is 11.6 Å². The minimum absolute atomic E-state index is 0. The molecule has 1 nitrogen and oxygen atoms in total. The average molecular weight is 463 g/mol. The summed E-state index contributed by atoms with van der Waals surface area (Å²) in [6, 6.07) is 39.8. The van der Waals surface area contributed by atoms with Gasteiger partial charge in [0, 0.05) is 27.6 Å². The van der Waals surface area contributed by atoms with E-state index in [4.69, 9.17) is 0 Å². The summed E-state index contributed by atoms with van der Waals surface area (Å²) < 4.78 is 0. The second-order valence-electron chi connectivity index (χ2n) is 9.18. The van der Waals surface area contributed by atoms with Gasteiger partial charge < -0.3 is 5.32 Å². The fourth-order valence-electron chi connectivity index (χ4n) is 4.06. The topological polar surface area (TPSA) is 12.0 Å². The van der Waals surface area contributed by atoms with Crippen molar-refractivity contribution in [2.24, 2.45) is 0 Å². The third-order valence-corrected chi connectivity index (χ3v) is 6.41. The van der Waals surface area contributed by atoms with Crippen molar-refractivity contribution in [3.8, 4) is 0 Å². The molecule has 0 aliphatic heterocycles. The fourth-order valence-corrected chi connectivity index (χ4v) is 4.06. The van der Waals surface area contributed by atoms with E-state index in [0.717, 1.165) is 11.4 Å². The van der Waals surface area contributed by atoms with Crippen LogP contribution in [0.4, 0.5) is 11.4 Å². The second kappa shape index (κ2) is 9.76. The van der Waals surface area contributed by atoms with Gasteiger partial charge in [-0.05, 0) is 34.2 Å². The molecule has 0 aliphatic rings. The van der Waals surface area contributed by atoms with Crippen LogP contribution in [0.25, 0.3) is 0 Å². The molecule has 0 saturated heterocycles. The Bertz CT molecular complexity index is 1020. The van der Waals surface area contributed by atoms with E-state index in [1.54, 1.807) is 0 Å². The van der Waals surface area contributed by atoms with E-state index < -0.39 is 0 Å². The predicted molar refractivity (Wildman–Crippen MR) is 132 cm³/mol. The van der Waals surface area contributed by atoms with Crippen LogP contribution in [0, 0.1) is 6.07 Å². The number of hydrogen-bond acceptors (Lipinski definition) is 1. The summed E-state index contributed by atoms with van der Waals surface area (Å²) in [5.74, 6) is 0. The normalized spacial score (nSPS) is 11.5. The van der Waals surface area contributed by atoms with Gasteiger partial charge in [-0.3, -0.25) is 0 Å². The quantitative estimate of drug-likeness (QED) is 0.227. The van der Waals surface area contributed by atoms with Crippen LogP contribution in [0.5, 0.6) is 0 Å². The van der Waals surface area contributed by atoms with Gasteiger partial charge in [-0.25, -0.2) is 0 Å². The largest absolute Gasteiger partial charge is 0.379 e. The Morgan fingerprint density at radius 2 is 0.969 bits per heavy atom. The number of benzene rings is 4. The smallest absolute Gasteiger partial charge is 0.0366 e. The van der Waals surface area contributed by atoms with Gasteiger partial charge in [0.15, 0.2) is 0 Å². The molecule has 0 aromatic heterocycles. The molecule has 0 spiro atoms. The Morgan fingerprint density at radius 1 is 0.531 bits per heavy atom. The molecular formula is C30H30NNi-. The molecule has 0 fully saturated rings. The van der Waals surface area contributed by atoms with Crippen molar-refractivity contribution >= 4 is 11.4 Å². The van der Waals surface area contributed by atoms with Gasteiger partial charge in [0.25, 0.3) is 0 Å². The zero-order valence-electron chi connectivity index (χ0n) is 19.1. The zero-order valence-corrected chi connectivity index (χ0v) is 20.1. The third-order valence-electron chi connectivity index (χ3n) is 6.41. The maximum atomic E-state index is 3.49. The fraction of sp³-hybridized carbons (Fsp3) is 0.200. The van der Waals surface area contributed by atoms with E-state index in [2.05, 4.69) is 142 Å². The summed E-state index contributed by atoms with van der Waals surface area (Å²) in [7, 11) is 0. The number of hydrogen-bond donors (Lipinski definition) is 1. The van der Waals surface area contributed by atoms with Crippen LogP contribution in [0.2, 0.25) is 0 Å². The molecule has 0 atom stereocenters. The van der Waals surface area contributed by atoms with Crippen LogP contribution in [0.1, 0.15) is 49.9 Å². The molecule has 4 rings (SSSR count). The molecule has 4 aromatic carbocycles. The molecular weight excluding hydrogens is 433 g/mol. The predicted octanol–water partition coefficient (Wildman–Crippen LogP) is 7.88. The molecule has 4 aromatic rings. The molecule has 0 saturated carbocycles. The average Bonchev–Trinajstić information content (AvgIpc) is 2.81. The van der Waals surface area contributed by atoms with Crippen molar-refractivity contribution in [3.05, 3.63) is 131 Å². The standard InChI is InChI=1S/C30H30N.Ni/c1-29(2,23-11-7-5-8-12-23)25-15-19-27(20-16-25)31-28-21-17-26(18-22-28)30(3,4)24-13-9-6-10-14-24;/h5-21,31H,1-4H3;/q-1;. The molecule has 0 radical (unpaired) electrons. The van der Waals surface area contributed by atoms with Crippen molar-refractivity contribution in [2.75, 3.05) is 5.32 Å². The molecule has 1 N–H and O–H groups in total. The van der Waals surface area contributed by atoms with Gasteiger partial charge in [0.2, 0.25) is 0 Å². The molecule has 32 heavy (non-hydrogen) atoms. The Hall–Kier alpha value is -2.83. The van der Waals surface area contributed by atoms with Crippen LogP contribution in [-0.4, -0.2) is 0 Å². The molecule has 0 unspecified atom stereocenters. The monoisotopic (exact) mass is 462 g/mol. The second-order valence-corrected chi connectivity index (χ2v) is 9.18. The summed E-state index contributed by atoms with van der Waals surface area (Å²) >= 11 is 0. The van der Waals surface area contributed by atoms with E-state index in [-0.39, 0.29) is 27.3 Å². The number of nitrogens with one attached hydrogen (secondary N) is 1. The Balaban J connectivity index is 0.00000289. The van der Waals surface area contributed by atoms with Crippen molar-refractivity contribution < 1.29 is 16.5 Å². The van der Waals surface area contributed by atoms with Crippen LogP contribution in [-0.2, 0) is 27.3 Å². The molecule has 0 bridgehead atoms. The van der Waals surface area contributed by atoms with E-state index in [1.165, 1.54) is 22.3 Å². The number of rotatable bonds is 6. The van der Waals surface area contributed by atoms with Crippen LogP contribution in [0.15, 0.2) is 103 Å². The summed E-state index contributed by atoms with van der Waals surface area (Å²) in [6.45, 7) is 9.05. The van der Waals surface area contributed by atoms with Gasteiger partial charge in [0.1, 0.15) is 0 Å². The van der Waals surface area contributed by atoms with Crippen molar-refractivity contribution in [3.63, 3.8) is 0 Å². The van der Waals surface area contributed by atoms with Crippen LogP contribution >= 0.6 is 0 Å². The first-order valence-electron chi connectivity index (χ1n) is 10.9. The maximum Gasteiger partial charge on any atom is 0.0366 e. The summed E-state index contributed by atoms with van der Waals surface area (Å²) in [5, 5.41) is 3.49. The van der Waals surface area contributed by atoms with Gasteiger partial charge >= 0.3 is 0 Å². The van der Waals surface area contributed by atoms with Crippen LogP contribution < -0.4 is 5.32 Å². The van der Waals surface area contributed by atoms with Gasteiger partial charge in [0.05, 0.1) is 0 Å². The molecule has 0 aliphatic carbocycles. The van der Waals surface area contributed by atoms with Gasteiger partial charge in [-0.1, -0.05) is 106 Å². The summed E-state index contributed by atoms with van der Waals surface area (Å²) in [4.78, 5) is 0. The zero-order chi connectivity index (χ0) is 21.9. The molecule has 166 valence electrons. The Labute approximate surface area is 202 Å². The van der Waals surface area contributed by atoms with Crippen LogP contribution in [0.3, 0.4) is 0 Å². The van der Waals surface area contributed by atoms with E-state index in [9.17, 15) is 0 Å². The minimum Gasteiger partial charge on any atom is -0.379 e. The SMILES string of the molecule is CC(C)(c1c[c-]c(Nc2ccc(C(C)(C)c3ccccc3)cc2)cc1)c1ccccc1.[Ni]. The van der Waals surface area contributed by atoms with Crippen molar-refractivity contribution in [2.45, 2.75) is 38.5 Å². The molecule has 0 amide bonds. The van der Waals surface area contributed by atoms with E-state index >= 15 is 0 Å². The summed E-state index contributed by atoms with van der Waals surface area (Å²) in [6.07, 6.45) is 0. The first-order chi connectivity index (χ1) is 14.9. The third kappa shape index (κ3) is 4.97. The Kier molecular flexibility index (Phi) is 7.27. The first kappa shape index (κ1) is 23.8. The first-order valence-corrected chi connectivity index (χ1v) is 10.9. The minimum atomic E-state index is -0.0546. The maximum absolute atomic E-state index is 3.49. The summed E-state index contributed by atoms with van der Waals surface area (Å²) in [5.41, 5.74) is 7.14. The molecule has 0 heterocycles. The van der Waals surface area contributed by atoms with E-state index in [1.807, 2.05) is 0 Å². The van der Waals surface area contributed by atoms with Crippen molar-refractivity contribution in [1.82, 2.24) is 0 Å².